The number of rotatable bonds is 6. The summed E-state index contributed by atoms with van der Waals surface area (Å²) in [5.41, 5.74) is -1.03. The molecule has 0 saturated carbocycles. The second-order valence-electron chi connectivity index (χ2n) is 4.96. The molecule has 0 spiro atoms. The molecule has 21 heavy (non-hydrogen) atoms. The van der Waals surface area contributed by atoms with Gasteiger partial charge in [-0.25, -0.2) is 4.79 Å². The monoisotopic (exact) mass is 305 g/mol. The molecule has 2 unspecified atom stereocenters. The highest BCUT2D eigenvalue weighted by atomic mass is 19.4. The van der Waals surface area contributed by atoms with Crippen LogP contribution in [-0.4, -0.2) is 23.5 Å². The summed E-state index contributed by atoms with van der Waals surface area (Å²) in [6.45, 7) is 5.21. The SMILES string of the molecule is CCC(C)NC(C)(C(=O)O)c1ccc(OC(F)(F)F)cc1. The van der Waals surface area contributed by atoms with Crippen molar-refractivity contribution in [2.45, 2.75) is 45.1 Å². The highest BCUT2D eigenvalue weighted by molar-refractivity contribution is 5.80. The number of nitrogens with one attached hydrogen (secondary N) is 1. The summed E-state index contributed by atoms with van der Waals surface area (Å²) >= 11 is 0. The average molecular weight is 305 g/mol. The van der Waals surface area contributed by atoms with Gasteiger partial charge < -0.3 is 9.84 Å². The summed E-state index contributed by atoms with van der Waals surface area (Å²) in [6, 6.07) is 4.76. The van der Waals surface area contributed by atoms with Crippen LogP contribution in [0.2, 0.25) is 0 Å². The number of carboxylic acid groups (broad SMARTS) is 1. The molecule has 0 aliphatic carbocycles. The van der Waals surface area contributed by atoms with E-state index in [0.29, 0.717) is 5.56 Å². The summed E-state index contributed by atoms with van der Waals surface area (Å²) in [5.74, 6) is -1.49. The lowest BCUT2D eigenvalue weighted by Gasteiger charge is -2.30. The van der Waals surface area contributed by atoms with Crippen molar-refractivity contribution in [1.82, 2.24) is 5.32 Å². The lowest BCUT2D eigenvalue weighted by atomic mass is 9.91. The number of carbonyl (C=O) groups is 1. The molecule has 0 heterocycles. The van der Waals surface area contributed by atoms with Crippen LogP contribution in [-0.2, 0) is 10.3 Å². The molecule has 7 heteroatoms. The number of alkyl halides is 3. The predicted molar refractivity (Wildman–Crippen MR) is 71.0 cm³/mol. The maximum absolute atomic E-state index is 12.1. The molecule has 0 aromatic heterocycles. The van der Waals surface area contributed by atoms with Crippen LogP contribution in [0.15, 0.2) is 24.3 Å². The molecule has 0 aliphatic rings. The van der Waals surface area contributed by atoms with E-state index in [-0.39, 0.29) is 11.8 Å². The van der Waals surface area contributed by atoms with E-state index >= 15 is 0 Å². The number of ether oxygens (including phenoxy) is 1. The minimum Gasteiger partial charge on any atom is -0.480 e. The normalized spacial score (nSPS) is 16.1. The first-order valence-electron chi connectivity index (χ1n) is 6.46. The number of hydrogen-bond donors (Lipinski definition) is 2. The average Bonchev–Trinajstić information content (AvgIpc) is 2.37. The van der Waals surface area contributed by atoms with E-state index in [9.17, 15) is 23.1 Å². The molecule has 118 valence electrons. The fourth-order valence-electron chi connectivity index (χ4n) is 1.85. The van der Waals surface area contributed by atoms with E-state index in [0.717, 1.165) is 18.6 Å². The van der Waals surface area contributed by atoms with Crippen molar-refractivity contribution in [3.8, 4) is 5.75 Å². The van der Waals surface area contributed by atoms with Crippen LogP contribution in [0.25, 0.3) is 0 Å². The Morgan fingerprint density at radius 1 is 1.33 bits per heavy atom. The Bertz CT molecular complexity index is 487. The first-order chi connectivity index (χ1) is 9.58. The standard InChI is InChI=1S/C14H18F3NO3/c1-4-9(2)18-13(3,12(19)20)10-5-7-11(8-6-10)21-14(15,16)17/h5-9,18H,4H2,1-3H3,(H,19,20). The number of hydrogen-bond acceptors (Lipinski definition) is 3. The van der Waals surface area contributed by atoms with Gasteiger partial charge in [0.05, 0.1) is 0 Å². The van der Waals surface area contributed by atoms with E-state index in [1.807, 2.05) is 13.8 Å². The molecule has 2 atom stereocenters. The summed E-state index contributed by atoms with van der Waals surface area (Å²) in [5, 5.41) is 12.4. The molecule has 1 aromatic carbocycles. The Labute approximate surface area is 120 Å². The lowest BCUT2D eigenvalue weighted by Crippen LogP contribution is -2.50. The fourth-order valence-corrected chi connectivity index (χ4v) is 1.85. The first kappa shape index (κ1) is 17.3. The zero-order valence-electron chi connectivity index (χ0n) is 12.0. The summed E-state index contributed by atoms with van der Waals surface area (Å²) in [7, 11) is 0. The van der Waals surface area contributed by atoms with Crippen LogP contribution in [0, 0.1) is 0 Å². The van der Waals surface area contributed by atoms with Crippen molar-refractivity contribution in [3.63, 3.8) is 0 Å². The molecule has 0 radical (unpaired) electrons. The lowest BCUT2D eigenvalue weighted by molar-refractivity contribution is -0.274. The largest absolute Gasteiger partial charge is 0.573 e. The molecule has 1 aromatic rings. The Kier molecular flexibility index (Phi) is 5.22. The van der Waals surface area contributed by atoms with Gasteiger partial charge >= 0.3 is 12.3 Å². The number of benzene rings is 1. The molecule has 1 rings (SSSR count). The van der Waals surface area contributed by atoms with Gasteiger partial charge in [-0.2, -0.15) is 0 Å². The van der Waals surface area contributed by atoms with Gasteiger partial charge in [0.1, 0.15) is 11.3 Å². The van der Waals surface area contributed by atoms with Gasteiger partial charge in [-0.1, -0.05) is 19.1 Å². The molecule has 0 bridgehead atoms. The van der Waals surface area contributed by atoms with Gasteiger partial charge in [0.15, 0.2) is 0 Å². The zero-order valence-corrected chi connectivity index (χ0v) is 12.0. The van der Waals surface area contributed by atoms with E-state index < -0.39 is 17.9 Å². The molecule has 4 nitrogen and oxygen atoms in total. The van der Waals surface area contributed by atoms with Crippen molar-refractivity contribution in [3.05, 3.63) is 29.8 Å². The van der Waals surface area contributed by atoms with E-state index in [4.69, 9.17) is 0 Å². The fraction of sp³-hybridized carbons (Fsp3) is 0.500. The second kappa shape index (κ2) is 6.34. The van der Waals surface area contributed by atoms with Gasteiger partial charge in [0.25, 0.3) is 0 Å². The van der Waals surface area contributed by atoms with Crippen molar-refractivity contribution >= 4 is 5.97 Å². The summed E-state index contributed by atoms with van der Waals surface area (Å²) < 4.78 is 40.0. The predicted octanol–water partition coefficient (Wildman–Crippen LogP) is 3.27. The Morgan fingerprint density at radius 3 is 2.24 bits per heavy atom. The smallest absolute Gasteiger partial charge is 0.480 e. The Morgan fingerprint density at radius 2 is 1.86 bits per heavy atom. The molecular weight excluding hydrogens is 287 g/mol. The van der Waals surface area contributed by atoms with Crippen molar-refractivity contribution in [2.24, 2.45) is 0 Å². The molecular formula is C14H18F3NO3. The van der Waals surface area contributed by atoms with Gasteiger partial charge in [0.2, 0.25) is 0 Å². The zero-order chi connectivity index (χ0) is 16.3. The topological polar surface area (TPSA) is 58.6 Å². The highest BCUT2D eigenvalue weighted by Gasteiger charge is 2.36. The molecule has 0 fully saturated rings. The van der Waals surface area contributed by atoms with Crippen LogP contribution >= 0.6 is 0 Å². The number of halogens is 3. The van der Waals surface area contributed by atoms with Gasteiger partial charge in [-0.15, -0.1) is 13.2 Å². The third-order valence-electron chi connectivity index (χ3n) is 3.24. The second-order valence-corrected chi connectivity index (χ2v) is 4.96. The maximum atomic E-state index is 12.1. The third-order valence-corrected chi connectivity index (χ3v) is 3.24. The van der Waals surface area contributed by atoms with Crippen LogP contribution < -0.4 is 10.1 Å². The third kappa shape index (κ3) is 4.63. The van der Waals surface area contributed by atoms with Crippen LogP contribution in [0.3, 0.4) is 0 Å². The van der Waals surface area contributed by atoms with Gasteiger partial charge in [-0.3, -0.25) is 5.32 Å². The maximum Gasteiger partial charge on any atom is 0.573 e. The Hall–Kier alpha value is -1.76. The quantitative estimate of drug-likeness (QED) is 0.847. The first-order valence-corrected chi connectivity index (χ1v) is 6.46. The van der Waals surface area contributed by atoms with Gasteiger partial charge in [0, 0.05) is 6.04 Å². The van der Waals surface area contributed by atoms with E-state index in [1.165, 1.54) is 19.1 Å². The van der Waals surface area contributed by atoms with E-state index in [2.05, 4.69) is 10.1 Å². The molecule has 0 amide bonds. The highest BCUT2D eigenvalue weighted by Crippen LogP contribution is 2.27. The number of aliphatic carboxylic acids is 1. The summed E-state index contributed by atoms with van der Waals surface area (Å²) in [4.78, 5) is 11.5. The minimum absolute atomic E-state index is 0.0581. The van der Waals surface area contributed by atoms with Crippen LogP contribution in [0.1, 0.15) is 32.8 Å². The molecule has 0 aliphatic heterocycles. The number of carboxylic acids is 1. The minimum atomic E-state index is -4.77. The van der Waals surface area contributed by atoms with Crippen LogP contribution in [0.4, 0.5) is 13.2 Å². The van der Waals surface area contributed by atoms with Crippen LogP contribution in [0.5, 0.6) is 5.75 Å². The van der Waals surface area contributed by atoms with Crippen molar-refractivity contribution < 1.29 is 27.8 Å². The van der Waals surface area contributed by atoms with Crippen molar-refractivity contribution in [2.75, 3.05) is 0 Å². The Balaban J connectivity index is 3.02. The summed E-state index contributed by atoms with van der Waals surface area (Å²) in [6.07, 6.45) is -4.05. The molecule has 0 saturated heterocycles. The van der Waals surface area contributed by atoms with E-state index in [1.54, 1.807) is 0 Å². The molecule has 2 N–H and O–H groups in total. The van der Waals surface area contributed by atoms with Crippen molar-refractivity contribution in [1.29, 1.82) is 0 Å². The van der Waals surface area contributed by atoms with Gasteiger partial charge in [-0.05, 0) is 38.0 Å².